The van der Waals surface area contributed by atoms with Crippen LogP contribution in [0.5, 0.6) is 0 Å². The molecule has 100 valence electrons. The zero-order valence-electron chi connectivity index (χ0n) is 11.2. The predicted molar refractivity (Wildman–Crippen MR) is 66.8 cm³/mol. The minimum atomic E-state index is -0.637. The fraction of sp³-hybridized carbons (Fsp3) is 0.846. The fourth-order valence-corrected chi connectivity index (χ4v) is 2.40. The molecule has 0 aromatic rings. The van der Waals surface area contributed by atoms with Crippen LogP contribution in [0.1, 0.15) is 25.7 Å². The highest BCUT2D eigenvalue weighted by Crippen LogP contribution is 2.27. The Morgan fingerprint density at radius 2 is 2.11 bits per heavy atom. The molecule has 0 aromatic carbocycles. The predicted octanol–water partition coefficient (Wildman–Crippen LogP) is 0.612. The van der Waals surface area contributed by atoms with Crippen molar-refractivity contribution in [2.24, 2.45) is 0 Å². The third-order valence-electron chi connectivity index (χ3n) is 4.11. The lowest BCUT2D eigenvalue weighted by atomic mass is 9.93. The summed E-state index contributed by atoms with van der Waals surface area (Å²) >= 11 is 0. The van der Waals surface area contributed by atoms with Gasteiger partial charge in [0.25, 0.3) is 0 Å². The van der Waals surface area contributed by atoms with Crippen molar-refractivity contribution in [3.8, 4) is 6.07 Å². The topological polar surface area (TPSA) is 56.6 Å². The van der Waals surface area contributed by atoms with E-state index in [2.05, 4.69) is 11.0 Å². The van der Waals surface area contributed by atoms with Crippen LogP contribution in [0.2, 0.25) is 0 Å². The zero-order valence-corrected chi connectivity index (χ0v) is 11.2. The van der Waals surface area contributed by atoms with E-state index >= 15 is 0 Å². The normalized spacial score (nSPS) is 23.4. The monoisotopic (exact) mass is 251 g/mol. The van der Waals surface area contributed by atoms with Gasteiger partial charge in [0.1, 0.15) is 0 Å². The second-order valence-electron chi connectivity index (χ2n) is 5.32. The molecular weight excluding hydrogens is 230 g/mol. The number of ether oxygens (including phenoxy) is 1. The number of carbonyl (C=O) groups is 1. The Hall–Kier alpha value is -1.12. The molecule has 1 aliphatic carbocycles. The average molecular weight is 251 g/mol. The van der Waals surface area contributed by atoms with Crippen molar-refractivity contribution in [1.29, 1.82) is 5.26 Å². The van der Waals surface area contributed by atoms with Gasteiger partial charge in [-0.2, -0.15) is 5.26 Å². The van der Waals surface area contributed by atoms with E-state index in [1.807, 2.05) is 11.9 Å². The Balaban J connectivity index is 1.79. The number of piperidine rings is 1. The van der Waals surface area contributed by atoms with E-state index in [1.54, 1.807) is 7.11 Å². The van der Waals surface area contributed by atoms with Gasteiger partial charge < -0.3 is 9.64 Å². The van der Waals surface area contributed by atoms with Crippen LogP contribution in [0, 0.1) is 11.3 Å². The number of rotatable bonds is 4. The van der Waals surface area contributed by atoms with Crippen LogP contribution in [-0.4, -0.2) is 61.1 Å². The van der Waals surface area contributed by atoms with Gasteiger partial charge in [0, 0.05) is 46.1 Å². The van der Waals surface area contributed by atoms with E-state index in [1.165, 1.54) is 0 Å². The smallest absolute Gasteiger partial charge is 0.236 e. The van der Waals surface area contributed by atoms with Crippen LogP contribution in [0.15, 0.2) is 0 Å². The van der Waals surface area contributed by atoms with Gasteiger partial charge in [-0.3, -0.25) is 9.69 Å². The van der Waals surface area contributed by atoms with Crippen molar-refractivity contribution in [3.63, 3.8) is 0 Å². The van der Waals surface area contributed by atoms with E-state index in [0.29, 0.717) is 25.4 Å². The third kappa shape index (κ3) is 2.82. The first-order chi connectivity index (χ1) is 8.60. The molecular formula is C13H21N3O2. The molecule has 0 unspecified atom stereocenters. The molecule has 1 amide bonds. The van der Waals surface area contributed by atoms with Gasteiger partial charge in [0.2, 0.25) is 5.91 Å². The summed E-state index contributed by atoms with van der Waals surface area (Å²) in [5.74, 6) is 0.194. The van der Waals surface area contributed by atoms with Gasteiger partial charge in [-0.1, -0.05) is 0 Å². The van der Waals surface area contributed by atoms with Gasteiger partial charge in [0.15, 0.2) is 5.60 Å². The first-order valence-electron chi connectivity index (χ1n) is 6.54. The maximum Gasteiger partial charge on any atom is 0.236 e. The van der Waals surface area contributed by atoms with Crippen LogP contribution in [0.3, 0.4) is 0 Å². The summed E-state index contributed by atoms with van der Waals surface area (Å²) in [5.41, 5.74) is -0.637. The third-order valence-corrected chi connectivity index (χ3v) is 4.11. The lowest BCUT2D eigenvalue weighted by Gasteiger charge is -2.36. The number of hydrogen-bond donors (Lipinski definition) is 0. The highest BCUT2D eigenvalue weighted by atomic mass is 16.5. The van der Waals surface area contributed by atoms with E-state index in [-0.39, 0.29) is 5.91 Å². The van der Waals surface area contributed by atoms with Crippen LogP contribution >= 0.6 is 0 Å². The Morgan fingerprint density at radius 1 is 1.50 bits per heavy atom. The summed E-state index contributed by atoms with van der Waals surface area (Å²) in [6.07, 6.45) is 3.65. The molecule has 1 saturated carbocycles. The highest BCUT2D eigenvalue weighted by Gasteiger charge is 2.36. The van der Waals surface area contributed by atoms with Gasteiger partial charge in [-0.25, -0.2) is 0 Å². The maximum absolute atomic E-state index is 12.0. The first kappa shape index (κ1) is 13.3. The van der Waals surface area contributed by atoms with Crippen LogP contribution in [0.4, 0.5) is 0 Å². The summed E-state index contributed by atoms with van der Waals surface area (Å²) in [4.78, 5) is 16.0. The van der Waals surface area contributed by atoms with Gasteiger partial charge in [-0.15, -0.1) is 0 Å². The molecule has 2 aliphatic rings. The van der Waals surface area contributed by atoms with Crippen LogP contribution < -0.4 is 0 Å². The van der Waals surface area contributed by atoms with E-state index in [9.17, 15) is 4.79 Å². The molecule has 0 N–H and O–H groups in total. The molecule has 0 aromatic heterocycles. The SMILES string of the molecule is COC1(C#N)CCN(CC(=O)N(C)C2CC2)CC1. The molecule has 2 rings (SSSR count). The Morgan fingerprint density at radius 3 is 2.56 bits per heavy atom. The largest absolute Gasteiger partial charge is 0.363 e. The van der Waals surface area contributed by atoms with E-state index < -0.39 is 5.60 Å². The van der Waals surface area contributed by atoms with E-state index in [0.717, 1.165) is 25.9 Å². The molecule has 1 saturated heterocycles. The highest BCUT2D eigenvalue weighted by molar-refractivity contribution is 5.78. The van der Waals surface area contributed by atoms with Crippen molar-refractivity contribution < 1.29 is 9.53 Å². The van der Waals surface area contributed by atoms with Crippen LogP contribution in [0.25, 0.3) is 0 Å². The minimum Gasteiger partial charge on any atom is -0.363 e. The maximum atomic E-state index is 12.0. The Labute approximate surface area is 108 Å². The Kier molecular flexibility index (Phi) is 3.88. The second kappa shape index (κ2) is 5.25. The molecule has 5 heteroatoms. The summed E-state index contributed by atoms with van der Waals surface area (Å²) in [6.45, 7) is 1.98. The number of amides is 1. The molecule has 0 atom stereocenters. The van der Waals surface area contributed by atoms with E-state index in [4.69, 9.17) is 10.00 Å². The van der Waals surface area contributed by atoms with Crippen molar-refractivity contribution in [3.05, 3.63) is 0 Å². The van der Waals surface area contributed by atoms with Crippen molar-refractivity contribution in [1.82, 2.24) is 9.80 Å². The molecule has 0 spiro atoms. The number of carbonyl (C=O) groups excluding carboxylic acids is 1. The molecule has 18 heavy (non-hydrogen) atoms. The van der Waals surface area contributed by atoms with Crippen molar-refractivity contribution in [2.75, 3.05) is 33.8 Å². The lowest BCUT2D eigenvalue weighted by Crippen LogP contribution is -2.48. The summed E-state index contributed by atoms with van der Waals surface area (Å²) in [7, 11) is 3.48. The fourth-order valence-electron chi connectivity index (χ4n) is 2.40. The molecule has 1 heterocycles. The number of methoxy groups -OCH3 is 1. The summed E-state index contributed by atoms with van der Waals surface area (Å²) < 4.78 is 5.29. The number of likely N-dealkylation sites (N-methyl/N-ethyl adjacent to an activating group) is 1. The number of nitrogens with zero attached hydrogens (tertiary/aromatic N) is 3. The number of hydrogen-bond acceptors (Lipinski definition) is 4. The van der Waals surface area contributed by atoms with Crippen LogP contribution in [-0.2, 0) is 9.53 Å². The minimum absolute atomic E-state index is 0.194. The van der Waals surface area contributed by atoms with Gasteiger partial charge in [-0.05, 0) is 12.8 Å². The van der Waals surface area contributed by atoms with Gasteiger partial charge in [0.05, 0.1) is 12.6 Å². The first-order valence-corrected chi connectivity index (χ1v) is 6.54. The molecule has 5 nitrogen and oxygen atoms in total. The quantitative estimate of drug-likeness (QED) is 0.734. The second-order valence-corrected chi connectivity index (χ2v) is 5.32. The average Bonchev–Trinajstić information content (AvgIpc) is 3.23. The lowest BCUT2D eigenvalue weighted by molar-refractivity contribution is -0.132. The number of likely N-dealkylation sites (tertiary alicyclic amines) is 1. The standard InChI is InChI=1S/C13H21N3O2/c1-15(11-3-4-11)12(17)9-16-7-5-13(10-14,18-2)6-8-16/h11H,3-9H2,1-2H3. The van der Waals surface area contributed by atoms with Crippen molar-refractivity contribution in [2.45, 2.75) is 37.3 Å². The number of nitriles is 1. The summed E-state index contributed by atoms with van der Waals surface area (Å²) in [6, 6.07) is 2.72. The zero-order chi connectivity index (χ0) is 13.2. The molecule has 2 fully saturated rings. The van der Waals surface area contributed by atoms with Gasteiger partial charge >= 0.3 is 0 Å². The molecule has 0 radical (unpaired) electrons. The molecule has 1 aliphatic heterocycles. The Bertz CT molecular complexity index is 352. The summed E-state index contributed by atoms with van der Waals surface area (Å²) in [5, 5.41) is 9.11. The van der Waals surface area contributed by atoms with Crippen molar-refractivity contribution >= 4 is 5.91 Å². The molecule has 0 bridgehead atoms.